The molecule has 0 saturated carbocycles. The van der Waals surface area contributed by atoms with Crippen LogP contribution in [0.15, 0.2) is 36.4 Å². The summed E-state index contributed by atoms with van der Waals surface area (Å²) >= 11 is 5.64. The van der Waals surface area contributed by atoms with E-state index in [0.29, 0.717) is 5.69 Å². The maximum atomic E-state index is 13.6. The number of hydrogen-bond acceptors (Lipinski definition) is 3. The highest BCUT2D eigenvalue weighted by atomic mass is 35.5. The summed E-state index contributed by atoms with van der Waals surface area (Å²) in [6.45, 7) is 0. The van der Waals surface area contributed by atoms with Gasteiger partial charge in [-0.1, -0.05) is 11.6 Å². The predicted octanol–water partition coefficient (Wildman–Crippen LogP) is 3.50. The molecule has 0 aliphatic heterocycles. The molecule has 4 nitrogen and oxygen atoms in total. The van der Waals surface area contributed by atoms with Crippen LogP contribution in [0.1, 0.15) is 10.4 Å². The molecule has 0 aromatic heterocycles. The smallest absolute Gasteiger partial charge is 0.337 e. The summed E-state index contributed by atoms with van der Waals surface area (Å²) in [4.78, 5) is 11.1. The zero-order valence-corrected chi connectivity index (χ0v) is 10.4. The molecule has 0 bridgehead atoms. The first-order chi connectivity index (χ1) is 8.97. The maximum Gasteiger partial charge on any atom is 0.337 e. The van der Waals surface area contributed by atoms with Crippen molar-refractivity contribution in [2.75, 3.05) is 11.1 Å². The van der Waals surface area contributed by atoms with Gasteiger partial charge in [0.2, 0.25) is 0 Å². The van der Waals surface area contributed by atoms with Crippen molar-refractivity contribution in [2.24, 2.45) is 0 Å². The predicted molar refractivity (Wildman–Crippen MR) is 72.5 cm³/mol. The van der Waals surface area contributed by atoms with Crippen molar-refractivity contribution < 1.29 is 14.3 Å². The van der Waals surface area contributed by atoms with Crippen LogP contribution in [0.25, 0.3) is 0 Å². The second kappa shape index (κ2) is 5.16. The van der Waals surface area contributed by atoms with E-state index in [1.807, 2.05) is 0 Å². The van der Waals surface area contributed by atoms with Crippen molar-refractivity contribution in [1.29, 1.82) is 0 Å². The fourth-order valence-corrected chi connectivity index (χ4v) is 1.75. The Labute approximate surface area is 113 Å². The van der Waals surface area contributed by atoms with Crippen LogP contribution in [0, 0.1) is 5.82 Å². The van der Waals surface area contributed by atoms with Crippen LogP contribution >= 0.6 is 11.6 Å². The van der Waals surface area contributed by atoms with E-state index in [4.69, 9.17) is 22.4 Å². The number of nitrogens with one attached hydrogen (secondary N) is 1. The van der Waals surface area contributed by atoms with Gasteiger partial charge in [0.1, 0.15) is 5.82 Å². The number of rotatable bonds is 3. The Balaban J connectivity index is 2.42. The number of anilines is 3. The molecule has 2 aromatic carbocycles. The summed E-state index contributed by atoms with van der Waals surface area (Å²) in [7, 11) is 0. The summed E-state index contributed by atoms with van der Waals surface area (Å²) in [6, 6.07) is 8.31. The topological polar surface area (TPSA) is 75.4 Å². The lowest BCUT2D eigenvalue weighted by molar-refractivity contribution is 0.0698. The van der Waals surface area contributed by atoms with Crippen molar-refractivity contribution in [1.82, 2.24) is 0 Å². The molecule has 98 valence electrons. The Morgan fingerprint density at radius 3 is 2.58 bits per heavy atom. The molecule has 0 fully saturated rings. The third-order valence-corrected chi connectivity index (χ3v) is 2.71. The lowest BCUT2D eigenvalue weighted by Gasteiger charge is -2.11. The summed E-state index contributed by atoms with van der Waals surface area (Å²) < 4.78 is 13.6. The van der Waals surface area contributed by atoms with Crippen LogP contribution in [-0.4, -0.2) is 11.1 Å². The third kappa shape index (κ3) is 2.95. The molecule has 0 unspecified atom stereocenters. The number of aromatic carboxylic acids is 1. The molecule has 0 heterocycles. The van der Waals surface area contributed by atoms with Gasteiger partial charge >= 0.3 is 5.97 Å². The Hall–Kier alpha value is -2.27. The molecule has 0 saturated heterocycles. The SMILES string of the molecule is Nc1ccc(C(=O)O)c(Nc2ccc(Cl)cc2F)c1. The first-order valence-corrected chi connectivity index (χ1v) is 5.70. The second-order valence-electron chi connectivity index (χ2n) is 3.86. The van der Waals surface area contributed by atoms with E-state index in [2.05, 4.69) is 5.32 Å². The molecular formula is C13H10ClFN2O2. The van der Waals surface area contributed by atoms with E-state index < -0.39 is 11.8 Å². The molecule has 0 radical (unpaired) electrons. The van der Waals surface area contributed by atoms with Crippen LogP contribution in [0.2, 0.25) is 5.02 Å². The molecule has 0 amide bonds. The first-order valence-electron chi connectivity index (χ1n) is 5.32. The van der Waals surface area contributed by atoms with Crippen LogP contribution < -0.4 is 11.1 Å². The fraction of sp³-hybridized carbons (Fsp3) is 0. The van der Waals surface area contributed by atoms with E-state index >= 15 is 0 Å². The van der Waals surface area contributed by atoms with Crippen molar-refractivity contribution in [3.8, 4) is 0 Å². The van der Waals surface area contributed by atoms with Crippen molar-refractivity contribution >= 4 is 34.6 Å². The highest BCUT2D eigenvalue weighted by Gasteiger charge is 2.12. The molecular weight excluding hydrogens is 271 g/mol. The van der Waals surface area contributed by atoms with Gasteiger partial charge in [0.25, 0.3) is 0 Å². The summed E-state index contributed by atoms with van der Waals surface area (Å²) in [5.41, 5.74) is 6.31. The Bertz CT molecular complexity index is 647. The Morgan fingerprint density at radius 2 is 1.95 bits per heavy atom. The minimum absolute atomic E-state index is 0.00329. The highest BCUT2D eigenvalue weighted by Crippen LogP contribution is 2.26. The molecule has 4 N–H and O–H groups in total. The Kier molecular flexibility index (Phi) is 3.57. The van der Waals surface area contributed by atoms with Crippen LogP contribution in [0.3, 0.4) is 0 Å². The quantitative estimate of drug-likeness (QED) is 0.752. The number of carbonyl (C=O) groups is 1. The lowest BCUT2D eigenvalue weighted by atomic mass is 10.1. The summed E-state index contributed by atoms with van der Waals surface area (Å²) in [6.07, 6.45) is 0. The zero-order chi connectivity index (χ0) is 14.0. The van der Waals surface area contributed by atoms with E-state index in [9.17, 15) is 9.18 Å². The molecule has 0 spiro atoms. The van der Waals surface area contributed by atoms with Gasteiger partial charge in [0.15, 0.2) is 0 Å². The molecule has 0 aliphatic rings. The summed E-state index contributed by atoms with van der Waals surface area (Å²) in [5, 5.41) is 12.0. The van der Waals surface area contributed by atoms with Gasteiger partial charge < -0.3 is 16.2 Å². The zero-order valence-electron chi connectivity index (χ0n) is 9.65. The standard InChI is InChI=1S/C13H10ClFN2O2/c14-7-1-4-11(10(15)5-7)17-12-6-8(16)2-3-9(12)13(18)19/h1-6,17H,16H2,(H,18,19). The highest BCUT2D eigenvalue weighted by molar-refractivity contribution is 6.30. The third-order valence-electron chi connectivity index (χ3n) is 2.47. The molecule has 6 heteroatoms. The first kappa shape index (κ1) is 13.2. The van der Waals surface area contributed by atoms with Gasteiger partial charge in [-0.3, -0.25) is 0 Å². The van der Waals surface area contributed by atoms with E-state index in [1.54, 1.807) is 0 Å². The number of hydrogen-bond donors (Lipinski definition) is 3. The van der Waals surface area contributed by atoms with Gasteiger partial charge in [0, 0.05) is 10.7 Å². The molecule has 2 aromatic rings. The number of nitrogens with two attached hydrogens (primary N) is 1. The summed E-state index contributed by atoms with van der Waals surface area (Å²) in [5.74, 6) is -1.71. The fourth-order valence-electron chi connectivity index (χ4n) is 1.59. The Morgan fingerprint density at radius 1 is 1.21 bits per heavy atom. The lowest BCUT2D eigenvalue weighted by Crippen LogP contribution is -2.04. The van der Waals surface area contributed by atoms with E-state index in [0.717, 1.165) is 6.07 Å². The molecule has 0 atom stereocenters. The minimum Gasteiger partial charge on any atom is -0.478 e. The van der Waals surface area contributed by atoms with Crippen molar-refractivity contribution in [3.05, 3.63) is 52.8 Å². The number of benzene rings is 2. The number of carboxylic acid groups (broad SMARTS) is 1. The van der Waals surface area contributed by atoms with E-state index in [1.165, 1.54) is 30.3 Å². The van der Waals surface area contributed by atoms with Crippen LogP contribution in [0.4, 0.5) is 21.5 Å². The van der Waals surface area contributed by atoms with Crippen LogP contribution in [0.5, 0.6) is 0 Å². The molecule has 19 heavy (non-hydrogen) atoms. The van der Waals surface area contributed by atoms with Gasteiger partial charge in [0.05, 0.1) is 16.9 Å². The number of halogens is 2. The second-order valence-corrected chi connectivity index (χ2v) is 4.30. The monoisotopic (exact) mass is 280 g/mol. The van der Waals surface area contributed by atoms with E-state index in [-0.39, 0.29) is 22.0 Å². The number of nitrogen functional groups attached to an aromatic ring is 1. The van der Waals surface area contributed by atoms with Gasteiger partial charge in [-0.15, -0.1) is 0 Å². The molecule has 2 rings (SSSR count). The average Bonchev–Trinajstić information content (AvgIpc) is 2.32. The van der Waals surface area contributed by atoms with Gasteiger partial charge in [-0.25, -0.2) is 9.18 Å². The molecule has 0 aliphatic carbocycles. The van der Waals surface area contributed by atoms with Crippen LogP contribution in [-0.2, 0) is 0 Å². The number of carboxylic acids is 1. The maximum absolute atomic E-state index is 13.6. The van der Waals surface area contributed by atoms with Gasteiger partial charge in [-0.05, 0) is 36.4 Å². The largest absolute Gasteiger partial charge is 0.478 e. The normalized spacial score (nSPS) is 10.2. The van der Waals surface area contributed by atoms with Gasteiger partial charge in [-0.2, -0.15) is 0 Å². The average molecular weight is 281 g/mol. The minimum atomic E-state index is -1.13. The van der Waals surface area contributed by atoms with Crippen molar-refractivity contribution in [3.63, 3.8) is 0 Å². The van der Waals surface area contributed by atoms with Crippen molar-refractivity contribution in [2.45, 2.75) is 0 Å².